The molecule has 2 aliphatic carbocycles. The molecule has 26 heavy (non-hydrogen) atoms. The first kappa shape index (κ1) is 21.2. The maximum atomic E-state index is 14.2. The Hall–Kier alpha value is -1.12. The van der Waals surface area contributed by atoms with Gasteiger partial charge in [0.25, 0.3) is 11.3 Å². The Morgan fingerprint density at radius 2 is 0.538 bits per heavy atom. The number of fused-ring (bicyclic) bond motifs is 1. The van der Waals surface area contributed by atoms with Crippen LogP contribution in [0.2, 0.25) is 0 Å². The standard InChI is InChI=1S/C10H2F16/c11-1-3(13)4(14,2(12)6(17,18)5(1,15)16)8(21,22)10(25,26)9(23,24)7(3,19)20/h1-2H. The van der Waals surface area contributed by atoms with Gasteiger partial charge < -0.3 is 0 Å². The van der Waals surface area contributed by atoms with Crippen molar-refractivity contribution < 1.29 is 70.2 Å². The summed E-state index contributed by atoms with van der Waals surface area (Å²) in [6.07, 6.45) is -12.5. The summed E-state index contributed by atoms with van der Waals surface area (Å²) in [5.41, 5.74) is -15.0. The van der Waals surface area contributed by atoms with Crippen LogP contribution in [0.25, 0.3) is 0 Å². The van der Waals surface area contributed by atoms with E-state index in [1.807, 2.05) is 0 Å². The summed E-state index contributed by atoms with van der Waals surface area (Å²) in [4.78, 5) is 0. The van der Waals surface area contributed by atoms with Crippen LogP contribution in [-0.4, -0.2) is 59.2 Å². The van der Waals surface area contributed by atoms with Crippen molar-refractivity contribution in [2.24, 2.45) is 0 Å². The molecule has 0 saturated heterocycles. The molecule has 16 heteroatoms. The third-order valence-electron chi connectivity index (χ3n) is 4.41. The van der Waals surface area contributed by atoms with Gasteiger partial charge in [-0.2, -0.15) is 52.7 Å². The summed E-state index contributed by atoms with van der Waals surface area (Å²) < 4.78 is 214. The monoisotopic (exact) mass is 426 g/mol. The molecule has 0 N–H and O–H groups in total. The fraction of sp³-hybridized carbons (Fsp3) is 1.00. The van der Waals surface area contributed by atoms with E-state index >= 15 is 0 Å². The topological polar surface area (TPSA) is 0 Å². The Kier molecular flexibility index (Phi) is 3.64. The van der Waals surface area contributed by atoms with Gasteiger partial charge in [-0.3, -0.25) is 0 Å². The summed E-state index contributed by atoms with van der Waals surface area (Å²) in [7, 11) is 0. The van der Waals surface area contributed by atoms with Crippen molar-refractivity contribution in [1.82, 2.24) is 0 Å². The maximum Gasteiger partial charge on any atom is 0.381 e. The molecule has 0 aromatic carbocycles. The summed E-state index contributed by atoms with van der Waals surface area (Å²) in [5.74, 6) is -45.3. The Balaban J connectivity index is 3.05. The van der Waals surface area contributed by atoms with Crippen molar-refractivity contribution in [3.05, 3.63) is 0 Å². The lowest BCUT2D eigenvalue weighted by Gasteiger charge is -2.61. The molecule has 4 unspecified atom stereocenters. The molecule has 4 atom stereocenters. The Morgan fingerprint density at radius 1 is 0.346 bits per heavy atom. The van der Waals surface area contributed by atoms with E-state index in [1.54, 1.807) is 0 Å². The van der Waals surface area contributed by atoms with Gasteiger partial charge in [0.05, 0.1) is 0 Å². The highest BCUT2D eigenvalue weighted by molar-refractivity contribution is 5.38. The lowest BCUT2D eigenvalue weighted by molar-refractivity contribution is -0.505. The normalized spacial score (nSPS) is 47.1. The molecule has 0 aromatic rings. The summed E-state index contributed by atoms with van der Waals surface area (Å²) >= 11 is 0. The van der Waals surface area contributed by atoms with Crippen molar-refractivity contribution in [3.8, 4) is 0 Å². The van der Waals surface area contributed by atoms with E-state index in [4.69, 9.17) is 0 Å². The predicted molar refractivity (Wildman–Crippen MR) is 47.2 cm³/mol. The molecule has 0 amide bonds. The largest absolute Gasteiger partial charge is 0.381 e. The van der Waals surface area contributed by atoms with Gasteiger partial charge >= 0.3 is 35.5 Å². The van der Waals surface area contributed by atoms with Gasteiger partial charge in [0.15, 0.2) is 0 Å². The Bertz CT molecular complexity index is 569. The van der Waals surface area contributed by atoms with E-state index in [-0.39, 0.29) is 0 Å². The van der Waals surface area contributed by atoms with E-state index in [1.165, 1.54) is 0 Å². The Morgan fingerprint density at radius 3 is 0.731 bits per heavy atom. The first-order chi connectivity index (χ1) is 11.1. The van der Waals surface area contributed by atoms with Crippen LogP contribution in [0, 0.1) is 0 Å². The fourth-order valence-electron chi connectivity index (χ4n) is 2.83. The van der Waals surface area contributed by atoms with Gasteiger partial charge in [0.2, 0.25) is 12.3 Å². The van der Waals surface area contributed by atoms with Crippen LogP contribution < -0.4 is 0 Å². The third kappa shape index (κ3) is 1.49. The molecule has 0 spiro atoms. The van der Waals surface area contributed by atoms with Crippen molar-refractivity contribution >= 4 is 0 Å². The summed E-state index contributed by atoms with van der Waals surface area (Å²) in [6, 6.07) is 0. The average molecular weight is 426 g/mol. The van der Waals surface area contributed by atoms with E-state index in [0.29, 0.717) is 0 Å². The van der Waals surface area contributed by atoms with Crippen molar-refractivity contribution in [3.63, 3.8) is 0 Å². The number of alkyl halides is 16. The Labute approximate surface area is 131 Å². The second kappa shape index (κ2) is 4.47. The van der Waals surface area contributed by atoms with E-state index < -0.39 is 59.2 Å². The van der Waals surface area contributed by atoms with Crippen LogP contribution in [0.1, 0.15) is 0 Å². The lowest BCUT2D eigenvalue weighted by atomic mass is 9.56. The van der Waals surface area contributed by atoms with E-state index in [2.05, 4.69) is 0 Å². The first-order valence-electron chi connectivity index (χ1n) is 5.99. The number of rotatable bonds is 0. The van der Waals surface area contributed by atoms with Crippen LogP contribution in [0.5, 0.6) is 0 Å². The highest BCUT2D eigenvalue weighted by Crippen LogP contribution is 2.75. The molecular weight excluding hydrogens is 424 g/mol. The second-order valence-electron chi connectivity index (χ2n) is 5.69. The fourth-order valence-corrected chi connectivity index (χ4v) is 2.83. The van der Waals surface area contributed by atoms with Gasteiger partial charge in [-0.25, -0.2) is 17.6 Å². The quantitative estimate of drug-likeness (QED) is 0.483. The minimum absolute atomic E-state index is 6.26. The number of halogens is 16. The van der Waals surface area contributed by atoms with E-state index in [0.717, 1.165) is 0 Å². The van der Waals surface area contributed by atoms with E-state index in [9.17, 15) is 70.2 Å². The van der Waals surface area contributed by atoms with Crippen LogP contribution in [0.4, 0.5) is 70.2 Å². The molecule has 154 valence electrons. The molecule has 0 nitrogen and oxygen atoms in total. The number of hydrogen-bond donors (Lipinski definition) is 0. The zero-order valence-electron chi connectivity index (χ0n) is 11.2. The molecule has 0 heterocycles. The van der Waals surface area contributed by atoms with Gasteiger partial charge in [-0.15, -0.1) is 0 Å². The zero-order valence-corrected chi connectivity index (χ0v) is 11.2. The van der Waals surface area contributed by atoms with Gasteiger partial charge in [-0.05, 0) is 0 Å². The van der Waals surface area contributed by atoms with Crippen molar-refractivity contribution in [2.45, 2.75) is 59.2 Å². The van der Waals surface area contributed by atoms with Crippen LogP contribution in [-0.2, 0) is 0 Å². The van der Waals surface area contributed by atoms with Crippen LogP contribution >= 0.6 is 0 Å². The zero-order chi connectivity index (χ0) is 21.2. The molecule has 2 aliphatic rings. The summed E-state index contributed by atoms with van der Waals surface area (Å²) in [6.45, 7) is 0. The maximum absolute atomic E-state index is 14.2. The lowest BCUT2D eigenvalue weighted by Crippen LogP contribution is -2.94. The minimum Gasteiger partial charge on any atom is -0.237 e. The first-order valence-corrected chi connectivity index (χ1v) is 5.99. The van der Waals surface area contributed by atoms with Gasteiger partial charge in [0.1, 0.15) is 0 Å². The highest BCUT2D eigenvalue weighted by atomic mass is 19.4. The molecule has 2 rings (SSSR count). The minimum atomic E-state index is -7.80. The van der Waals surface area contributed by atoms with Gasteiger partial charge in [0, 0.05) is 0 Å². The average Bonchev–Trinajstić information content (AvgIpc) is 2.48. The molecule has 2 fully saturated rings. The number of hydrogen-bond acceptors (Lipinski definition) is 0. The van der Waals surface area contributed by atoms with Crippen LogP contribution in [0.3, 0.4) is 0 Å². The summed E-state index contributed by atoms with van der Waals surface area (Å²) in [5, 5.41) is 0. The van der Waals surface area contributed by atoms with Crippen LogP contribution in [0.15, 0.2) is 0 Å². The molecule has 0 radical (unpaired) electrons. The molecule has 0 bridgehead atoms. The molecule has 2 saturated carbocycles. The second-order valence-corrected chi connectivity index (χ2v) is 5.69. The third-order valence-corrected chi connectivity index (χ3v) is 4.41. The SMILES string of the molecule is FC1C(F)(F)C(F)(F)C(F)C2(F)C(F)(F)C(F)(F)C(F)(F)C(F)(F)C12F. The molecular formula is C10H2F16. The van der Waals surface area contributed by atoms with Gasteiger partial charge in [-0.1, -0.05) is 0 Å². The molecule has 0 aromatic heterocycles. The van der Waals surface area contributed by atoms with Crippen molar-refractivity contribution in [1.29, 1.82) is 0 Å². The van der Waals surface area contributed by atoms with Crippen molar-refractivity contribution in [2.75, 3.05) is 0 Å². The molecule has 0 aliphatic heterocycles. The highest BCUT2D eigenvalue weighted by Gasteiger charge is 3.07. The smallest absolute Gasteiger partial charge is 0.237 e. The predicted octanol–water partition coefficient (Wildman–Crippen LogP) is 4.92.